The molecule has 2 aliphatic heterocycles. The Hall–Kier alpha value is -3.93. The van der Waals surface area contributed by atoms with E-state index in [4.69, 9.17) is 5.73 Å². The zero-order chi connectivity index (χ0) is 24.4. The van der Waals surface area contributed by atoms with Gasteiger partial charge in [-0.3, -0.25) is 9.36 Å². The van der Waals surface area contributed by atoms with E-state index in [1.54, 1.807) is 28.6 Å². The molecule has 3 aromatic rings. The summed E-state index contributed by atoms with van der Waals surface area (Å²) in [5.74, 6) is 0.751. The first-order valence-electron chi connectivity index (χ1n) is 11.8. The third-order valence-corrected chi connectivity index (χ3v) is 6.56. The average molecular weight is 479 g/mol. The number of primary amides is 1. The highest BCUT2D eigenvalue weighted by Gasteiger charge is 2.25. The van der Waals surface area contributed by atoms with Gasteiger partial charge in [-0.05, 0) is 25.0 Å². The van der Waals surface area contributed by atoms with Gasteiger partial charge in [0.2, 0.25) is 0 Å². The molecule has 12 heteroatoms. The Bertz CT molecular complexity index is 1250. The second kappa shape index (κ2) is 9.74. The molecule has 0 spiro atoms. The molecule has 3 aromatic heterocycles. The number of imidazole rings is 1. The number of pyridine rings is 1. The van der Waals surface area contributed by atoms with Crippen molar-refractivity contribution in [1.29, 1.82) is 0 Å². The number of aryl methyl sites for hydroxylation is 1. The zero-order valence-corrected chi connectivity index (χ0v) is 19.7. The van der Waals surface area contributed by atoms with Crippen LogP contribution in [0.5, 0.6) is 0 Å². The number of piperidine rings is 1. The SMILES string of the molecule is Cn1ccn([C@@H]2CCCN(c3cnc(C(N)=O)c(Nc4ccc(N5CCNCC5)cn4)n3)C2)c1=O. The number of hydrogen-bond donors (Lipinski definition) is 3. The van der Waals surface area contributed by atoms with Gasteiger partial charge in [0.15, 0.2) is 11.5 Å². The highest BCUT2D eigenvalue weighted by Crippen LogP contribution is 2.27. The van der Waals surface area contributed by atoms with Gasteiger partial charge >= 0.3 is 5.69 Å². The molecule has 2 fully saturated rings. The maximum absolute atomic E-state index is 12.4. The van der Waals surface area contributed by atoms with E-state index in [1.807, 2.05) is 24.5 Å². The van der Waals surface area contributed by atoms with Gasteiger partial charge in [0, 0.05) is 58.7 Å². The summed E-state index contributed by atoms with van der Waals surface area (Å²) in [7, 11) is 1.75. The number of carbonyl (C=O) groups is 1. The molecule has 0 unspecified atom stereocenters. The van der Waals surface area contributed by atoms with E-state index < -0.39 is 5.91 Å². The number of hydrogen-bond acceptors (Lipinski definition) is 9. The molecule has 2 saturated heterocycles. The topological polar surface area (TPSA) is 139 Å². The predicted molar refractivity (Wildman–Crippen MR) is 133 cm³/mol. The molecule has 184 valence electrons. The Kier molecular flexibility index (Phi) is 6.36. The lowest BCUT2D eigenvalue weighted by Crippen LogP contribution is -2.43. The van der Waals surface area contributed by atoms with Gasteiger partial charge in [0.1, 0.15) is 11.6 Å². The Morgan fingerprint density at radius 1 is 1.11 bits per heavy atom. The van der Waals surface area contributed by atoms with Crippen LogP contribution in [-0.4, -0.2) is 69.3 Å². The number of carbonyl (C=O) groups excluding carboxylic acids is 1. The number of nitrogens with two attached hydrogens (primary N) is 1. The van der Waals surface area contributed by atoms with E-state index >= 15 is 0 Å². The van der Waals surface area contributed by atoms with Gasteiger partial charge in [-0.25, -0.2) is 19.7 Å². The van der Waals surface area contributed by atoms with E-state index in [1.165, 1.54) is 0 Å². The summed E-state index contributed by atoms with van der Waals surface area (Å²) in [5.41, 5.74) is 6.62. The summed E-state index contributed by atoms with van der Waals surface area (Å²) in [6, 6.07) is 3.88. The normalized spacial score (nSPS) is 18.5. The summed E-state index contributed by atoms with van der Waals surface area (Å²) < 4.78 is 3.34. The number of nitrogens with one attached hydrogen (secondary N) is 2. The van der Waals surface area contributed by atoms with Crippen LogP contribution in [-0.2, 0) is 7.05 Å². The maximum Gasteiger partial charge on any atom is 0.328 e. The van der Waals surface area contributed by atoms with Crippen molar-refractivity contribution in [3.8, 4) is 0 Å². The van der Waals surface area contributed by atoms with Crippen molar-refractivity contribution in [2.24, 2.45) is 12.8 Å². The molecule has 0 aliphatic carbocycles. The highest BCUT2D eigenvalue weighted by molar-refractivity contribution is 5.96. The number of rotatable bonds is 6. The van der Waals surface area contributed by atoms with Crippen molar-refractivity contribution in [3.05, 3.63) is 53.1 Å². The van der Waals surface area contributed by atoms with E-state index in [-0.39, 0.29) is 23.2 Å². The second-order valence-electron chi connectivity index (χ2n) is 8.89. The number of piperazine rings is 1. The second-order valence-corrected chi connectivity index (χ2v) is 8.89. The van der Waals surface area contributed by atoms with Crippen LogP contribution in [0.3, 0.4) is 0 Å². The van der Waals surface area contributed by atoms with Gasteiger partial charge in [-0.15, -0.1) is 0 Å². The van der Waals surface area contributed by atoms with Crippen molar-refractivity contribution < 1.29 is 4.79 Å². The molecular weight excluding hydrogens is 448 g/mol. The van der Waals surface area contributed by atoms with E-state index in [9.17, 15) is 9.59 Å². The van der Waals surface area contributed by atoms with Crippen molar-refractivity contribution in [2.45, 2.75) is 18.9 Å². The van der Waals surface area contributed by atoms with Crippen LogP contribution >= 0.6 is 0 Å². The first-order chi connectivity index (χ1) is 17.0. The van der Waals surface area contributed by atoms with Gasteiger partial charge in [0.25, 0.3) is 5.91 Å². The van der Waals surface area contributed by atoms with Crippen LogP contribution in [0.2, 0.25) is 0 Å². The van der Waals surface area contributed by atoms with Crippen molar-refractivity contribution in [3.63, 3.8) is 0 Å². The lowest BCUT2D eigenvalue weighted by atomic mass is 10.1. The molecule has 2 aliphatic rings. The molecule has 1 amide bonds. The predicted octanol–water partition coefficient (Wildman–Crippen LogP) is 0.465. The summed E-state index contributed by atoms with van der Waals surface area (Å²) in [6.45, 7) is 5.14. The van der Waals surface area contributed by atoms with Crippen LogP contribution < -0.4 is 31.9 Å². The Morgan fingerprint density at radius 3 is 2.63 bits per heavy atom. The minimum Gasteiger partial charge on any atom is -0.368 e. The number of aromatic nitrogens is 5. The largest absolute Gasteiger partial charge is 0.368 e. The molecule has 0 bridgehead atoms. The molecule has 35 heavy (non-hydrogen) atoms. The molecule has 5 heterocycles. The van der Waals surface area contributed by atoms with Crippen molar-refractivity contribution in [1.82, 2.24) is 29.4 Å². The minimum atomic E-state index is -0.670. The molecule has 12 nitrogen and oxygen atoms in total. The summed E-state index contributed by atoms with van der Waals surface area (Å²) in [4.78, 5) is 42.3. The van der Waals surface area contributed by atoms with Gasteiger partial charge in [0.05, 0.1) is 24.1 Å². The van der Waals surface area contributed by atoms with Crippen LogP contribution in [0.25, 0.3) is 0 Å². The summed E-state index contributed by atoms with van der Waals surface area (Å²) in [5, 5.41) is 6.46. The standard InChI is InChI=1S/C23H30N10O2/c1-30-11-12-33(23(30)35)17-3-2-8-32(15-17)19-14-27-20(21(24)34)22(29-19)28-18-5-4-16(13-26-18)31-9-6-25-7-10-31/h4-5,11-14,17,25H,2-3,6-10,15H2,1H3,(H2,24,34)(H,26,28,29)/t17-/m1/s1. The lowest BCUT2D eigenvalue weighted by molar-refractivity contribution is 0.0996. The minimum absolute atomic E-state index is 0.0330. The molecule has 0 radical (unpaired) electrons. The summed E-state index contributed by atoms with van der Waals surface area (Å²) in [6.07, 6.45) is 8.76. The lowest BCUT2D eigenvalue weighted by Gasteiger charge is -2.33. The van der Waals surface area contributed by atoms with Gasteiger partial charge in [-0.2, -0.15) is 0 Å². The molecule has 0 saturated carbocycles. The maximum atomic E-state index is 12.4. The molecule has 0 aromatic carbocycles. The third kappa shape index (κ3) is 4.83. The van der Waals surface area contributed by atoms with Gasteiger partial charge < -0.3 is 30.7 Å². The first kappa shape index (κ1) is 22.8. The third-order valence-electron chi connectivity index (χ3n) is 6.56. The molecule has 5 rings (SSSR count). The van der Waals surface area contributed by atoms with Gasteiger partial charge in [-0.1, -0.05) is 0 Å². The fourth-order valence-electron chi connectivity index (χ4n) is 4.64. The van der Waals surface area contributed by atoms with E-state index in [0.717, 1.165) is 51.3 Å². The first-order valence-corrected chi connectivity index (χ1v) is 11.8. The van der Waals surface area contributed by atoms with Crippen molar-refractivity contribution in [2.75, 3.05) is 54.4 Å². The van der Waals surface area contributed by atoms with E-state index in [0.29, 0.717) is 18.2 Å². The Balaban J connectivity index is 1.36. The van der Waals surface area contributed by atoms with E-state index in [2.05, 4.69) is 35.4 Å². The van der Waals surface area contributed by atoms with Crippen LogP contribution in [0, 0.1) is 0 Å². The van der Waals surface area contributed by atoms with Crippen molar-refractivity contribution >= 4 is 29.0 Å². The molecular formula is C23H30N10O2. The van der Waals surface area contributed by atoms with Crippen LogP contribution in [0.4, 0.5) is 23.1 Å². The fraction of sp³-hybridized carbons (Fsp3) is 0.435. The zero-order valence-electron chi connectivity index (χ0n) is 19.7. The number of nitrogens with zero attached hydrogens (tertiary/aromatic N) is 7. The quantitative estimate of drug-likeness (QED) is 0.461. The molecule has 1 atom stereocenters. The number of amides is 1. The molecule has 4 N–H and O–H groups in total. The van der Waals surface area contributed by atoms with Crippen LogP contribution in [0.1, 0.15) is 29.4 Å². The highest BCUT2D eigenvalue weighted by atomic mass is 16.2. The Labute approximate surface area is 202 Å². The fourth-order valence-corrected chi connectivity index (χ4v) is 4.64. The Morgan fingerprint density at radius 2 is 1.94 bits per heavy atom. The van der Waals surface area contributed by atoms with Crippen LogP contribution in [0.15, 0.2) is 41.7 Å². The number of anilines is 4. The average Bonchev–Trinajstić information content (AvgIpc) is 3.23. The smallest absolute Gasteiger partial charge is 0.328 e. The summed E-state index contributed by atoms with van der Waals surface area (Å²) >= 11 is 0. The monoisotopic (exact) mass is 478 g/mol.